The van der Waals surface area contributed by atoms with E-state index in [0.717, 1.165) is 31.5 Å². The number of nitrogens with two attached hydrogens (primary N) is 1. The molecule has 0 aromatic rings. The Bertz CT molecular complexity index is 298. The Balaban J connectivity index is 2.51. The summed E-state index contributed by atoms with van der Waals surface area (Å²) in [4.78, 5) is 14.2. The molecular weight excluding hydrogens is 262 g/mol. The fourth-order valence-corrected chi connectivity index (χ4v) is 3.18. The Kier molecular flexibility index (Phi) is 8.27. The van der Waals surface area contributed by atoms with Crippen LogP contribution in [0, 0.1) is 5.92 Å². The zero-order chi connectivity index (χ0) is 15.8. The monoisotopic (exact) mass is 297 g/mol. The predicted molar refractivity (Wildman–Crippen MR) is 89.2 cm³/mol. The molecule has 1 rings (SSSR count). The summed E-state index contributed by atoms with van der Waals surface area (Å²) in [5.41, 5.74) is 5.53. The molecule has 0 radical (unpaired) electrons. The highest BCUT2D eigenvalue weighted by molar-refractivity contribution is 5.79. The van der Waals surface area contributed by atoms with E-state index in [0.29, 0.717) is 0 Å². The third kappa shape index (κ3) is 7.28. The molecule has 0 aromatic heterocycles. The summed E-state index contributed by atoms with van der Waals surface area (Å²) in [7, 11) is 0. The van der Waals surface area contributed by atoms with Crippen molar-refractivity contribution in [2.75, 3.05) is 13.1 Å². The van der Waals surface area contributed by atoms with Crippen LogP contribution in [0.5, 0.6) is 0 Å². The van der Waals surface area contributed by atoms with Crippen LogP contribution in [-0.2, 0) is 4.79 Å². The third-order valence-electron chi connectivity index (χ3n) is 4.42. The van der Waals surface area contributed by atoms with Crippen molar-refractivity contribution < 1.29 is 4.79 Å². The molecule has 1 atom stereocenters. The van der Waals surface area contributed by atoms with Gasteiger partial charge >= 0.3 is 0 Å². The van der Waals surface area contributed by atoms with E-state index in [1.54, 1.807) is 0 Å². The predicted octanol–water partition coefficient (Wildman–Crippen LogP) is 2.52. The van der Waals surface area contributed by atoms with Gasteiger partial charge in [0.2, 0.25) is 5.91 Å². The third-order valence-corrected chi connectivity index (χ3v) is 4.42. The van der Waals surface area contributed by atoms with Gasteiger partial charge in [0.1, 0.15) is 0 Å². The minimum absolute atomic E-state index is 0.201. The van der Waals surface area contributed by atoms with Crippen LogP contribution in [0.1, 0.15) is 66.2 Å². The minimum atomic E-state index is -0.223. The molecule has 0 heterocycles. The van der Waals surface area contributed by atoms with Gasteiger partial charge in [-0.3, -0.25) is 4.79 Å². The van der Waals surface area contributed by atoms with Crippen molar-refractivity contribution in [1.29, 1.82) is 0 Å². The summed E-state index contributed by atoms with van der Waals surface area (Å²) in [5.74, 6) is 0.508. The molecule has 0 aromatic carbocycles. The summed E-state index contributed by atoms with van der Waals surface area (Å²) >= 11 is 0. The number of rotatable bonds is 10. The minimum Gasteiger partial charge on any atom is -0.368 e. The molecule has 1 unspecified atom stereocenters. The molecule has 4 nitrogen and oxygen atoms in total. The number of nitrogens with one attached hydrogen (secondary N) is 1. The van der Waals surface area contributed by atoms with E-state index in [4.69, 9.17) is 5.73 Å². The Hall–Kier alpha value is -0.610. The van der Waals surface area contributed by atoms with Crippen LogP contribution in [0.25, 0.3) is 0 Å². The van der Waals surface area contributed by atoms with Crippen LogP contribution in [0.2, 0.25) is 0 Å². The van der Waals surface area contributed by atoms with Gasteiger partial charge in [0.25, 0.3) is 0 Å². The van der Waals surface area contributed by atoms with Crippen molar-refractivity contribution >= 4 is 5.91 Å². The van der Waals surface area contributed by atoms with Crippen LogP contribution in [0.4, 0.5) is 0 Å². The van der Waals surface area contributed by atoms with Crippen LogP contribution in [0.3, 0.4) is 0 Å². The zero-order valence-corrected chi connectivity index (χ0v) is 14.4. The summed E-state index contributed by atoms with van der Waals surface area (Å²) in [6, 6.07) is 0.808. The van der Waals surface area contributed by atoms with E-state index >= 15 is 0 Å². The van der Waals surface area contributed by atoms with Crippen molar-refractivity contribution in [3.63, 3.8) is 0 Å². The van der Waals surface area contributed by atoms with Gasteiger partial charge in [-0.2, -0.15) is 0 Å². The maximum absolute atomic E-state index is 11.6. The highest BCUT2D eigenvalue weighted by Crippen LogP contribution is 2.24. The van der Waals surface area contributed by atoms with Gasteiger partial charge in [0.15, 0.2) is 0 Å². The largest absolute Gasteiger partial charge is 0.368 e. The first-order valence-corrected chi connectivity index (χ1v) is 8.69. The molecule has 3 N–H and O–H groups in total. The van der Waals surface area contributed by atoms with Gasteiger partial charge in [0.05, 0.1) is 6.04 Å². The zero-order valence-electron chi connectivity index (χ0n) is 14.4. The molecule has 0 saturated heterocycles. The van der Waals surface area contributed by atoms with Crippen molar-refractivity contribution in [2.45, 2.75) is 84.3 Å². The van der Waals surface area contributed by atoms with Crippen molar-refractivity contribution in [1.82, 2.24) is 10.2 Å². The lowest BCUT2D eigenvalue weighted by molar-refractivity contribution is -0.120. The lowest BCUT2D eigenvalue weighted by Crippen LogP contribution is -2.47. The number of amides is 1. The molecule has 0 spiro atoms. The highest BCUT2D eigenvalue weighted by Gasteiger charge is 2.24. The van der Waals surface area contributed by atoms with E-state index < -0.39 is 0 Å². The Morgan fingerprint density at radius 1 is 1.14 bits per heavy atom. The lowest BCUT2D eigenvalue weighted by Gasteiger charge is -2.31. The fourth-order valence-electron chi connectivity index (χ4n) is 3.18. The molecule has 4 heteroatoms. The van der Waals surface area contributed by atoms with Crippen LogP contribution < -0.4 is 11.1 Å². The molecule has 124 valence electrons. The summed E-state index contributed by atoms with van der Waals surface area (Å²) in [6.45, 7) is 10.8. The standard InChI is InChI=1S/C17H35N3O/c1-13(2)9-11-20(15-7-5-6-8-15)12-10-16(17(18)21)19-14(3)4/h13-16,19H,5-12H2,1-4H3,(H2,18,21). The van der Waals surface area contributed by atoms with Crippen LogP contribution in [0.15, 0.2) is 0 Å². The molecule has 0 bridgehead atoms. The second-order valence-electron chi connectivity index (χ2n) is 7.22. The molecule has 1 aliphatic rings. The number of carbonyl (C=O) groups is 1. The van der Waals surface area contributed by atoms with Crippen molar-refractivity contribution in [3.8, 4) is 0 Å². The van der Waals surface area contributed by atoms with E-state index in [-0.39, 0.29) is 18.0 Å². The first kappa shape index (κ1) is 18.4. The average Bonchev–Trinajstić information content (AvgIpc) is 2.90. The molecule has 1 saturated carbocycles. The van der Waals surface area contributed by atoms with Gasteiger partial charge < -0.3 is 16.0 Å². The SMILES string of the molecule is CC(C)CCN(CCC(NC(C)C)C(N)=O)C1CCCC1. The van der Waals surface area contributed by atoms with Gasteiger partial charge in [-0.05, 0) is 38.1 Å². The van der Waals surface area contributed by atoms with Crippen molar-refractivity contribution in [2.24, 2.45) is 11.7 Å². The number of primary amides is 1. The maximum Gasteiger partial charge on any atom is 0.234 e. The smallest absolute Gasteiger partial charge is 0.234 e. The topological polar surface area (TPSA) is 58.4 Å². The summed E-state index contributed by atoms with van der Waals surface area (Å²) < 4.78 is 0. The van der Waals surface area contributed by atoms with Gasteiger partial charge in [-0.15, -0.1) is 0 Å². The Labute approximate surface area is 130 Å². The van der Waals surface area contributed by atoms with Gasteiger partial charge in [-0.25, -0.2) is 0 Å². The van der Waals surface area contributed by atoms with Crippen LogP contribution in [-0.4, -0.2) is 42.0 Å². The normalized spacial score (nSPS) is 18.0. The number of hydrogen-bond donors (Lipinski definition) is 2. The van der Waals surface area contributed by atoms with Crippen molar-refractivity contribution in [3.05, 3.63) is 0 Å². The first-order chi connectivity index (χ1) is 9.90. The molecular formula is C17H35N3O. The second kappa shape index (κ2) is 9.42. The number of hydrogen-bond acceptors (Lipinski definition) is 3. The first-order valence-electron chi connectivity index (χ1n) is 8.69. The lowest BCUT2D eigenvalue weighted by atomic mass is 10.1. The second-order valence-corrected chi connectivity index (χ2v) is 7.22. The Morgan fingerprint density at radius 3 is 2.19 bits per heavy atom. The summed E-state index contributed by atoms with van der Waals surface area (Å²) in [5, 5.41) is 3.29. The van der Waals surface area contributed by atoms with Gasteiger partial charge in [0, 0.05) is 18.6 Å². The van der Waals surface area contributed by atoms with E-state index in [9.17, 15) is 4.79 Å². The number of carbonyl (C=O) groups excluding carboxylic acids is 1. The van der Waals surface area contributed by atoms with E-state index in [1.807, 2.05) is 0 Å². The molecule has 1 aliphatic carbocycles. The molecule has 1 fully saturated rings. The Morgan fingerprint density at radius 2 is 1.71 bits per heavy atom. The average molecular weight is 297 g/mol. The maximum atomic E-state index is 11.6. The quantitative estimate of drug-likeness (QED) is 0.651. The van der Waals surface area contributed by atoms with Crippen LogP contribution >= 0.6 is 0 Å². The summed E-state index contributed by atoms with van der Waals surface area (Å²) in [6.07, 6.45) is 7.39. The number of nitrogens with zero attached hydrogens (tertiary/aromatic N) is 1. The van der Waals surface area contributed by atoms with E-state index in [2.05, 4.69) is 37.9 Å². The van der Waals surface area contributed by atoms with E-state index in [1.165, 1.54) is 32.1 Å². The van der Waals surface area contributed by atoms with Gasteiger partial charge in [-0.1, -0.05) is 40.5 Å². The molecule has 21 heavy (non-hydrogen) atoms. The fraction of sp³-hybridized carbons (Fsp3) is 0.941. The highest BCUT2D eigenvalue weighted by atomic mass is 16.1. The molecule has 0 aliphatic heterocycles. The molecule has 1 amide bonds.